The molecule has 1 saturated heterocycles. The van der Waals surface area contributed by atoms with Gasteiger partial charge in [0.2, 0.25) is 10.0 Å². The van der Waals surface area contributed by atoms with Crippen LogP contribution in [0.4, 0.5) is 0 Å². The number of hydrogen-bond acceptors (Lipinski definition) is 3. The molecule has 0 bridgehead atoms. The molecule has 0 saturated carbocycles. The van der Waals surface area contributed by atoms with Crippen LogP contribution in [-0.2, 0) is 10.0 Å². The van der Waals surface area contributed by atoms with Crippen LogP contribution in [0.25, 0.3) is 0 Å². The largest absolute Gasteiger partial charge is 0.339 e. The normalized spacial score (nSPS) is 15.5. The molecule has 21 heavy (non-hydrogen) atoms. The van der Waals surface area contributed by atoms with Gasteiger partial charge >= 0.3 is 0 Å². The van der Waals surface area contributed by atoms with E-state index in [1.165, 1.54) is 12.1 Å². The first-order chi connectivity index (χ1) is 10.0. The van der Waals surface area contributed by atoms with E-state index in [2.05, 4.69) is 10.6 Å². The highest BCUT2D eigenvalue weighted by Crippen LogP contribution is 2.15. The second kappa shape index (κ2) is 6.74. The van der Waals surface area contributed by atoms with E-state index in [1.54, 1.807) is 12.1 Å². The zero-order valence-electron chi connectivity index (χ0n) is 11.7. The SMILES string of the molecule is C#CCNS(=O)(=O)c1ccc(C(=O)N2CCCCC2)cc1. The Labute approximate surface area is 125 Å². The van der Waals surface area contributed by atoms with Crippen molar-refractivity contribution in [1.29, 1.82) is 0 Å². The molecule has 1 amide bonds. The molecule has 2 rings (SSSR count). The van der Waals surface area contributed by atoms with Crippen LogP contribution in [0, 0.1) is 12.3 Å². The summed E-state index contributed by atoms with van der Waals surface area (Å²) in [5.41, 5.74) is 0.507. The molecular formula is C15H18N2O3S. The first-order valence-corrected chi connectivity index (χ1v) is 8.35. The van der Waals surface area contributed by atoms with E-state index in [0.717, 1.165) is 32.4 Å². The average molecular weight is 306 g/mol. The predicted molar refractivity (Wildman–Crippen MR) is 80.2 cm³/mol. The number of carbonyl (C=O) groups is 1. The lowest BCUT2D eigenvalue weighted by molar-refractivity contribution is 0.0724. The number of benzene rings is 1. The Morgan fingerprint density at radius 2 is 1.81 bits per heavy atom. The molecule has 1 aromatic rings. The molecule has 1 fully saturated rings. The summed E-state index contributed by atoms with van der Waals surface area (Å²) in [7, 11) is -3.61. The van der Waals surface area contributed by atoms with E-state index in [-0.39, 0.29) is 17.3 Å². The van der Waals surface area contributed by atoms with Crippen LogP contribution in [-0.4, -0.2) is 38.9 Å². The molecule has 0 aromatic heterocycles. The number of terminal acetylenes is 1. The van der Waals surface area contributed by atoms with E-state index < -0.39 is 10.0 Å². The van der Waals surface area contributed by atoms with Crippen molar-refractivity contribution < 1.29 is 13.2 Å². The molecule has 5 nitrogen and oxygen atoms in total. The van der Waals surface area contributed by atoms with E-state index in [0.29, 0.717) is 5.56 Å². The second-order valence-electron chi connectivity index (χ2n) is 4.91. The highest BCUT2D eigenvalue weighted by molar-refractivity contribution is 7.89. The Balaban J connectivity index is 2.11. The van der Waals surface area contributed by atoms with E-state index in [1.807, 2.05) is 4.90 Å². The zero-order valence-corrected chi connectivity index (χ0v) is 12.5. The molecule has 1 aliphatic rings. The van der Waals surface area contributed by atoms with Crippen molar-refractivity contribution in [3.63, 3.8) is 0 Å². The third-order valence-electron chi connectivity index (χ3n) is 3.42. The third-order valence-corrected chi connectivity index (χ3v) is 4.84. The van der Waals surface area contributed by atoms with Gasteiger partial charge in [0.15, 0.2) is 0 Å². The van der Waals surface area contributed by atoms with Crippen molar-refractivity contribution in [1.82, 2.24) is 9.62 Å². The van der Waals surface area contributed by atoms with Crippen LogP contribution >= 0.6 is 0 Å². The van der Waals surface area contributed by atoms with Crippen molar-refractivity contribution in [3.8, 4) is 12.3 Å². The van der Waals surface area contributed by atoms with Gasteiger partial charge in [-0.3, -0.25) is 4.79 Å². The number of sulfonamides is 1. The summed E-state index contributed by atoms with van der Waals surface area (Å²) in [6, 6.07) is 5.94. The first kappa shape index (κ1) is 15.5. The Hall–Kier alpha value is -1.84. The van der Waals surface area contributed by atoms with Gasteiger partial charge in [0.05, 0.1) is 11.4 Å². The number of nitrogens with one attached hydrogen (secondary N) is 1. The van der Waals surface area contributed by atoms with Crippen molar-refractivity contribution >= 4 is 15.9 Å². The van der Waals surface area contributed by atoms with Crippen molar-refractivity contribution in [2.75, 3.05) is 19.6 Å². The fourth-order valence-electron chi connectivity index (χ4n) is 2.28. The smallest absolute Gasteiger partial charge is 0.253 e. The van der Waals surface area contributed by atoms with Crippen LogP contribution in [0.1, 0.15) is 29.6 Å². The highest BCUT2D eigenvalue weighted by Gasteiger charge is 2.19. The molecule has 0 atom stereocenters. The van der Waals surface area contributed by atoms with Gasteiger partial charge in [0, 0.05) is 18.7 Å². The van der Waals surface area contributed by atoms with Crippen molar-refractivity contribution in [2.45, 2.75) is 24.2 Å². The highest BCUT2D eigenvalue weighted by atomic mass is 32.2. The number of likely N-dealkylation sites (tertiary alicyclic amines) is 1. The lowest BCUT2D eigenvalue weighted by Crippen LogP contribution is -2.35. The Kier molecular flexibility index (Phi) is 4.99. The minimum Gasteiger partial charge on any atom is -0.339 e. The zero-order chi connectivity index (χ0) is 15.3. The predicted octanol–water partition coefficient (Wildman–Crippen LogP) is 1.22. The van der Waals surface area contributed by atoms with Crippen LogP contribution in [0.2, 0.25) is 0 Å². The van der Waals surface area contributed by atoms with Gasteiger partial charge in [-0.1, -0.05) is 5.92 Å². The Morgan fingerprint density at radius 3 is 2.38 bits per heavy atom. The van der Waals surface area contributed by atoms with Gasteiger partial charge in [-0.2, -0.15) is 4.72 Å². The van der Waals surface area contributed by atoms with Gasteiger partial charge < -0.3 is 4.90 Å². The molecule has 6 heteroatoms. The lowest BCUT2D eigenvalue weighted by atomic mass is 10.1. The van der Waals surface area contributed by atoms with E-state index >= 15 is 0 Å². The van der Waals surface area contributed by atoms with E-state index in [9.17, 15) is 13.2 Å². The van der Waals surface area contributed by atoms with Gasteiger partial charge in [-0.05, 0) is 43.5 Å². The van der Waals surface area contributed by atoms with E-state index in [4.69, 9.17) is 6.42 Å². The lowest BCUT2D eigenvalue weighted by Gasteiger charge is -2.26. The maximum absolute atomic E-state index is 12.3. The molecule has 1 heterocycles. The van der Waals surface area contributed by atoms with Gasteiger partial charge in [0.1, 0.15) is 0 Å². The number of piperidine rings is 1. The van der Waals surface area contributed by atoms with Crippen LogP contribution in [0.15, 0.2) is 29.2 Å². The third kappa shape index (κ3) is 3.84. The number of amides is 1. The molecule has 1 N–H and O–H groups in total. The summed E-state index contributed by atoms with van der Waals surface area (Å²) in [4.78, 5) is 14.2. The first-order valence-electron chi connectivity index (χ1n) is 6.87. The molecule has 1 aliphatic heterocycles. The van der Waals surface area contributed by atoms with Crippen LogP contribution in [0.3, 0.4) is 0 Å². The number of carbonyl (C=O) groups excluding carboxylic acids is 1. The number of nitrogens with zero attached hydrogens (tertiary/aromatic N) is 1. The molecule has 1 aromatic carbocycles. The molecule has 0 radical (unpaired) electrons. The topological polar surface area (TPSA) is 66.5 Å². The summed E-state index contributed by atoms with van der Waals surface area (Å²) < 4.78 is 26.0. The molecule has 0 unspecified atom stereocenters. The maximum Gasteiger partial charge on any atom is 0.253 e. The summed E-state index contributed by atoms with van der Waals surface area (Å²) >= 11 is 0. The van der Waals surface area contributed by atoms with Crippen molar-refractivity contribution in [3.05, 3.63) is 29.8 Å². The Bertz CT molecular complexity index is 638. The minimum absolute atomic E-state index is 0.0461. The minimum atomic E-state index is -3.61. The summed E-state index contributed by atoms with van der Waals surface area (Å²) in [5, 5.41) is 0. The number of rotatable bonds is 4. The second-order valence-corrected chi connectivity index (χ2v) is 6.67. The fraction of sp³-hybridized carbons (Fsp3) is 0.400. The quantitative estimate of drug-likeness (QED) is 0.851. The van der Waals surface area contributed by atoms with Gasteiger partial charge in [-0.15, -0.1) is 6.42 Å². The molecule has 0 spiro atoms. The standard InChI is InChI=1S/C15H18N2O3S/c1-2-10-16-21(19,20)14-8-6-13(7-9-14)15(18)17-11-4-3-5-12-17/h1,6-9,16H,3-5,10-12H2. The maximum atomic E-state index is 12.3. The van der Waals surface area contributed by atoms with Gasteiger partial charge in [0.25, 0.3) is 5.91 Å². The summed E-state index contributed by atoms with van der Waals surface area (Å²) in [5.74, 6) is 2.17. The molecule has 0 aliphatic carbocycles. The van der Waals surface area contributed by atoms with Crippen LogP contribution < -0.4 is 4.72 Å². The summed E-state index contributed by atoms with van der Waals surface area (Å²) in [6.07, 6.45) is 8.23. The Morgan fingerprint density at radius 1 is 1.19 bits per heavy atom. The van der Waals surface area contributed by atoms with Crippen LogP contribution in [0.5, 0.6) is 0 Å². The summed E-state index contributed by atoms with van der Waals surface area (Å²) in [6.45, 7) is 1.47. The molecular weight excluding hydrogens is 288 g/mol. The average Bonchev–Trinajstić information content (AvgIpc) is 2.53. The monoisotopic (exact) mass is 306 g/mol. The van der Waals surface area contributed by atoms with Crippen molar-refractivity contribution in [2.24, 2.45) is 0 Å². The number of hydrogen-bond donors (Lipinski definition) is 1. The van der Waals surface area contributed by atoms with Gasteiger partial charge in [-0.25, -0.2) is 8.42 Å². The fourth-order valence-corrected chi connectivity index (χ4v) is 3.21. The molecule has 112 valence electrons.